The molecular weight excluding hydrogens is 224 g/mol. The first kappa shape index (κ1) is 11.3. The van der Waals surface area contributed by atoms with Gasteiger partial charge in [0, 0.05) is 6.04 Å². The van der Waals surface area contributed by atoms with Crippen molar-refractivity contribution in [2.24, 2.45) is 5.92 Å². The van der Waals surface area contributed by atoms with Crippen molar-refractivity contribution in [2.45, 2.75) is 32.2 Å². The molecule has 3 rings (SSSR count). The number of rotatable bonds is 5. The predicted octanol–water partition coefficient (Wildman–Crippen LogP) is 2.87. The molecule has 4 nitrogen and oxygen atoms in total. The number of para-hydroxylation sites is 2. The highest BCUT2D eigenvalue weighted by atomic mass is 15.4. The molecule has 0 spiro atoms. The van der Waals surface area contributed by atoms with E-state index < -0.39 is 0 Å². The van der Waals surface area contributed by atoms with E-state index in [1.807, 2.05) is 18.3 Å². The van der Waals surface area contributed by atoms with Crippen molar-refractivity contribution in [3.8, 4) is 5.69 Å². The first-order valence-corrected chi connectivity index (χ1v) is 6.55. The van der Waals surface area contributed by atoms with Gasteiger partial charge in [-0.15, -0.1) is 5.10 Å². The standard InChI is InChI=1S/C14H18N4/c1-11(10-12-6-7-12)16-13-4-2-3-5-14(13)18-9-8-15-17-18/h2-5,8-9,11-12,16H,6-7,10H2,1H3. The van der Waals surface area contributed by atoms with Crippen molar-refractivity contribution in [3.05, 3.63) is 36.7 Å². The van der Waals surface area contributed by atoms with Crippen molar-refractivity contribution in [1.82, 2.24) is 15.0 Å². The number of anilines is 1. The second kappa shape index (κ2) is 4.80. The second-order valence-corrected chi connectivity index (χ2v) is 5.09. The first-order chi connectivity index (χ1) is 8.83. The SMILES string of the molecule is CC(CC1CC1)Nc1ccccc1-n1ccnn1. The van der Waals surface area contributed by atoms with E-state index >= 15 is 0 Å². The molecule has 1 aromatic carbocycles. The van der Waals surface area contributed by atoms with Gasteiger partial charge in [0.05, 0.1) is 23.8 Å². The molecule has 1 aliphatic rings. The normalized spacial score (nSPS) is 16.5. The van der Waals surface area contributed by atoms with Crippen LogP contribution in [-0.4, -0.2) is 21.0 Å². The van der Waals surface area contributed by atoms with Gasteiger partial charge in [0.25, 0.3) is 0 Å². The Labute approximate surface area is 107 Å². The van der Waals surface area contributed by atoms with Crippen LogP contribution in [-0.2, 0) is 0 Å². The Balaban J connectivity index is 1.78. The van der Waals surface area contributed by atoms with Crippen molar-refractivity contribution in [3.63, 3.8) is 0 Å². The topological polar surface area (TPSA) is 42.7 Å². The van der Waals surface area contributed by atoms with Gasteiger partial charge in [-0.3, -0.25) is 0 Å². The number of nitrogens with zero attached hydrogens (tertiary/aromatic N) is 3. The molecule has 0 radical (unpaired) electrons. The maximum atomic E-state index is 4.05. The molecular formula is C14H18N4. The molecule has 0 aliphatic heterocycles. The molecule has 1 aliphatic carbocycles. The van der Waals surface area contributed by atoms with Crippen LogP contribution in [0.5, 0.6) is 0 Å². The van der Waals surface area contributed by atoms with Gasteiger partial charge < -0.3 is 5.32 Å². The molecule has 0 saturated heterocycles. The minimum atomic E-state index is 0.502. The summed E-state index contributed by atoms with van der Waals surface area (Å²) in [5, 5.41) is 11.5. The van der Waals surface area contributed by atoms with Gasteiger partial charge in [0.1, 0.15) is 0 Å². The third-order valence-corrected chi connectivity index (χ3v) is 3.36. The summed E-state index contributed by atoms with van der Waals surface area (Å²) in [4.78, 5) is 0. The van der Waals surface area contributed by atoms with E-state index in [1.165, 1.54) is 19.3 Å². The third-order valence-electron chi connectivity index (χ3n) is 3.36. The summed E-state index contributed by atoms with van der Waals surface area (Å²) in [6, 6.07) is 8.73. The molecule has 1 aromatic heterocycles. The number of hydrogen-bond donors (Lipinski definition) is 1. The van der Waals surface area contributed by atoms with E-state index in [4.69, 9.17) is 0 Å². The second-order valence-electron chi connectivity index (χ2n) is 5.09. The Morgan fingerprint density at radius 2 is 2.22 bits per heavy atom. The molecule has 0 bridgehead atoms. The summed E-state index contributed by atoms with van der Waals surface area (Å²) < 4.78 is 1.80. The zero-order chi connectivity index (χ0) is 12.4. The van der Waals surface area contributed by atoms with Crippen LogP contribution in [0.15, 0.2) is 36.7 Å². The van der Waals surface area contributed by atoms with Crippen molar-refractivity contribution in [1.29, 1.82) is 0 Å². The molecule has 94 valence electrons. The van der Waals surface area contributed by atoms with E-state index in [-0.39, 0.29) is 0 Å². The maximum Gasteiger partial charge on any atom is 0.0894 e. The average Bonchev–Trinajstić information content (AvgIpc) is 3.01. The third kappa shape index (κ3) is 2.53. The van der Waals surface area contributed by atoms with Gasteiger partial charge in [-0.05, 0) is 31.4 Å². The Morgan fingerprint density at radius 3 is 2.94 bits per heavy atom. The lowest BCUT2D eigenvalue weighted by molar-refractivity contribution is 0.641. The Morgan fingerprint density at radius 1 is 1.39 bits per heavy atom. The molecule has 1 atom stereocenters. The smallest absolute Gasteiger partial charge is 0.0894 e. The number of nitrogens with one attached hydrogen (secondary N) is 1. The Kier molecular flexibility index (Phi) is 3.00. The van der Waals surface area contributed by atoms with Crippen LogP contribution in [0, 0.1) is 5.92 Å². The van der Waals surface area contributed by atoms with Gasteiger partial charge in [-0.1, -0.05) is 30.2 Å². The summed E-state index contributed by atoms with van der Waals surface area (Å²) in [6.45, 7) is 2.25. The Hall–Kier alpha value is -1.84. The van der Waals surface area contributed by atoms with Gasteiger partial charge in [0.2, 0.25) is 0 Å². The van der Waals surface area contributed by atoms with Crippen LogP contribution >= 0.6 is 0 Å². The monoisotopic (exact) mass is 242 g/mol. The summed E-state index contributed by atoms with van der Waals surface area (Å²) >= 11 is 0. The Bertz CT molecular complexity index is 502. The lowest BCUT2D eigenvalue weighted by atomic mass is 10.1. The average molecular weight is 242 g/mol. The largest absolute Gasteiger partial charge is 0.381 e. The molecule has 4 heteroatoms. The molecule has 18 heavy (non-hydrogen) atoms. The molecule has 1 N–H and O–H groups in total. The molecule has 1 fully saturated rings. The van der Waals surface area contributed by atoms with Crippen molar-refractivity contribution in [2.75, 3.05) is 5.32 Å². The van der Waals surface area contributed by atoms with Crippen molar-refractivity contribution < 1.29 is 0 Å². The fraction of sp³-hybridized carbons (Fsp3) is 0.429. The van der Waals surface area contributed by atoms with Gasteiger partial charge in [-0.2, -0.15) is 0 Å². The minimum absolute atomic E-state index is 0.502. The highest BCUT2D eigenvalue weighted by Gasteiger charge is 2.23. The molecule has 1 heterocycles. The van der Waals surface area contributed by atoms with Crippen molar-refractivity contribution >= 4 is 5.69 Å². The first-order valence-electron chi connectivity index (χ1n) is 6.55. The zero-order valence-electron chi connectivity index (χ0n) is 10.6. The predicted molar refractivity (Wildman–Crippen MR) is 71.8 cm³/mol. The molecule has 1 saturated carbocycles. The number of hydrogen-bond acceptors (Lipinski definition) is 3. The van der Waals surface area contributed by atoms with Crippen LogP contribution < -0.4 is 5.32 Å². The fourth-order valence-electron chi connectivity index (χ4n) is 2.31. The van der Waals surface area contributed by atoms with Crippen LogP contribution in [0.25, 0.3) is 5.69 Å². The zero-order valence-corrected chi connectivity index (χ0v) is 10.6. The van der Waals surface area contributed by atoms with Crippen LogP contribution in [0.1, 0.15) is 26.2 Å². The molecule has 0 amide bonds. The molecule has 1 unspecified atom stereocenters. The summed E-state index contributed by atoms with van der Waals surface area (Å²) in [5.74, 6) is 0.936. The maximum absolute atomic E-state index is 4.05. The summed E-state index contributed by atoms with van der Waals surface area (Å²) in [7, 11) is 0. The summed E-state index contributed by atoms with van der Waals surface area (Å²) in [6.07, 6.45) is 7.62. The van der Waals surface area contributed by atoms with Crippen LogP contribution in [0.2, 0.25) is 0 Å². The van der Waals surface area contributed by atoms with E-state index in [0.717, 1.165) is 17.3 Å². The minimum Gasteiger partial charge on any atom is -0.381 e. The fourth-order valence-corrected chi connectivity index (χ4v) is 2.31. The highest BCUT2D eigenvalue weighted by molar-refractivity contribution is 5.60. The van der Waals surface area contributed by atoms with E-state index in [0.29, 0.717) is 6.04 Å². The number of aromatic nitrogens is 3. The van der Waals surface area contributed by atoms with E-state index in [2.05, 4.69) is 34.7 Å². The summed E-state index contributed by atoms with van der Waals surface area (Å²) in [5.41, 5.74) is 2.17. The van der Waals surface area contributed by atoms with Gasteiger partial charge >= 0.3 is 0 Å². The van der Waals surface area contributed by atoms with E-state index in [9.17, 15) is 0 Å². The molecule has 2 aromatic rings. The van der Waals surface area contributed by atoms with E-state index in [1.54, 1.807) is 10.9 Å². The quantitative estimate of drug-likeness (QED) is 0.876. The van der Waals surface area contributed by atoms with Gasteiger partial charge in [-0.25, -0.2) is 4.68 Å². The van der Waals surface area contributed by atoms with Gasteiger partial charge in [0.15, 0.2) is 0 Å². The van der Waals surface area contributed by atoms with Crippen LogP contribution in [0.3, 0.4) is 0 Å². The lowest BCUT2D eigenvalue weighted by Crippen LogP contribution is -2.17. The number of benzene rings is 1. The van der Waals surface area contributed by atoms with Crippen LogP contribution in [0.4, 0.5) is 5.69 Å². The lowest BCUT2D eigenvalue weighted by Gasteiger charge is -2.17. The highest BCUT2D eigenvalue weighted by Crippen LogP contribution is 2.34.